The lowest BCUT2D eigenvalue weighted by atomic mass is 9.91. The van der Waals surface area contributed by atoms with Crippen molar-refractivity contribution in [3.8, 4) is 5.75 Å². The van der Waals surface area contributed by atoms with Crippen molar-refractivity contribution < 1.29 is 4.74 Å². The Bertz CT molecular complexity index is 415. The molecule has 1 aliphatic heterocycles. The van der Waals surface area contributed by atoms with Gasteiger partial charge in [0, 0.05) is 26.2 Å². The molecule has 0 atom stereocenters. The molecule has 17 heavy (non-hydrogen) atoms. The number of aryl methyl sites for hydroxylation is 1. The summed E-state index contributed by atoms with van der Waals surface area (Å²) < 4.78 is 5.43. The van der Waals surface area contributed by atoms with Gasteiger partial charge in [0.05, 0.1) is 7.11 Å². The van der Waals surface area contributed by atoms with E-state index in [1.165, 1.54) is 22.3 Å². The van der Waals surface area contributed by atoms with Crippen molar-refractivity contribution in [3.63, 3.8) is 0 Å². The molecule has 0 bridgehead atoms. The zero-order valence-corrected chi connectivity index (χ0v) is 11.0. The highest BCUT2D eigenvalue weighted by Crippen LogP contribution is 2.31. The van der Waals surface area contributed by atoms with Gasteiger partial charge >= 0.3 is 0 Å². The lowest BCUT2D eigenvalue weighted by Crippen LogP contribution is -2.35. The molecule has 0 radical (unpaired) electrons. The first-order chi connectivity index (χ1) is 8.17. The average molecular weight is 234 g/mol. The van der Waals surface area contributed by atoms with E-state index >= 15 is 0 Å². The summed E-state index contributed by atoms with van der Waals surface area (Å²) in [6.45, 7) is 8.21. The van der Waals surface area contributed by atoms with Crippen LogP contribution in [0.4, 0.5) is 0 Å². The van der Waals surface area contributed by atoms with Crippen LogP contribution in [0.15, 0.2) is 6.07 Å². The largest absolute Gasteiger partial charge is 0.496 e. The zero-order chi connectivity index (χ0) is 12.4. The van der Waals surface area contributed by atoms with Crippen LogP contribution in [0.5, 0.6) is 5.75 Å². The highest BCUT2D eigenvalue weighted by atomic mass is 16.5. The van der Waals surface area contributed by atoms with E-state index in [9.17, 15) is 0 Å². The molecule has 0 aliphatic carbocycles. The third-order valence-electron chi connectivity index (χ3n) is 3.74. The van der Waals surface area contributed by atoms with Gasteiger partial charge in [-0.25, -0.2) is 0 Å². The Hall–Kier alpha value is -1.06. The van der Waals surface area contributed by atoms with E-state index < -0.39 is 0 Å². The van der Waals surface area contributed by atoms with Gasteiger partial charge in [0.15, 0.2) is 0 Å². The van der Waals surface area contributed by atoms with Crippen LogP contribution < -0.4 is 10.5 Å². The number of rotatable bonds is 3. The Morgan fingerprint density at radius 1 is 1.35 bits per heavy atom. The maximum absolute atomic E-state index is 5.63. The molecule has 2 N–H and O–H groups in total. The number of ether oxygens (including phenoxy) is 1. The lowest BCUT2D eigenvalue weighted by Gasteiger charge is -2.31. The molecule has 1 aromatic rings. The SMILES string of the molecule is COc1cc(C)c2c(c1C)CCN(CCN)C2. The monoisotopic (exact) mass is 234 g/mol. The fourth-order valence-electron chi connectivity index (χ4n) is 2.72. The van der Waals surface area contributed by atoms with Crippen LogP contribution in [0.2, 0.25) is 0 Å². The third kappa shape index (κ3) is 2.31. The van der Waals surface area contributed by atoms with E-state index in [2.05, 4.69) is 24.8 Å². The van der Waals surface area contributed by atoms with Crippen molar-refractivity contribution in [2.75, 3.05) is 26.7 Å². The molecule has 0 saturated heterocycles. The van der Waals surface area contributed by atoms with Crippen LogP contribution in [0.3, 0.4) is 0 Å². The maximum Gasteiger partial charge on any atom is 0.122 e. The van der Waals surface area contributed by atoms with Crippen molar-refractivity contribution in [3.05, 3.63) is 28.3 Å². The van der Waals surface area contributed by atoms with Crippen LogP contribution in [0.25, 0.3) is 0 Å². The summed E-state index contributed by atoms with van der Waals surface area (Å²) in [5.41, 5.74) is 11.2. The standard InChI is InChI=1S/C14H22N2O/c1-10-8-14(17-3)11(2)12-4-6-16(7-5-15)9-13(10)12/h8H,4-7,9,15H2,1-3H3. The summed E-state index contributed by atoms with van der Waals surface area (Å²) in [6, 6.07) is 2.15. The first-order valence-corrected chi connectivity index (χ1v) is 6.25. The number of hydrogen-bond acceptors (Lipinski definition) is 3. The van der Waals surface area contributed by atoms with E-state index in [-0.39, 0.29) is 0 Å². The molecule has 0 amide bonds. The Balaban J connectivity index is 2.36. The van der Waals surface area contributed by atoms with Gasteiger partial charge in [-0.2, -0.15) is 0 Å². The van der Waals surface area contributed by atoms with Crippen LogP contribution in [0.1, 0.15) is 22.3 Å². The quantitative estimate of drug-likeness (QED) is 0.864. The summed E-state index contributed by atoms with van der Waals surface area (Å²) in [7, 11) is 1.75. The summed E-state index contributed by atoms with van der Waals surface area (Å²) in [4.78, 5) is 2.43. The highest BCUT2D eigenvalue weighted by Gasteiger charge is 2.20. The van der Waals surface area contributed by atoms with E-state index in [1.807, 2.05) is 0 Å². The second kappa shape index (κ2) is 5.07. The first-order valence-electron chi connectivity index (χ1n) is 6.25. The van der Waals surface area contributed by atoms with E-state index in [1.54, 1.807) is 7.11 Å². The van der Waals surface area contributed by atoms with E-state index in [0.29, 0.717) is 0 Å². The number of benzene rings is 1. The first kappa shape index (κ1) is 12.4. The highest BCUT2D eigenvalue weighted by molar-refractivity contribution is 5.49. The molecule has 2 rings (SSSR count). The van der Waals surface area contributed by atoms with Gasteiger partial charge in [0.1, 0.15) is 5.75 Å². The van der Waals surface area contributed by atoms with Crippen molar-refractivity contribution in [1.29, 1.82) is 0 Å². The minimum atomic E-state index is 0.740. The normalized spacial score (nSPS) is 15.8. The molecule has 1 aromatic carbocycles. The number of hydrogen-bond donors (Lipinski definition) is 1. The number of nitrogens with two attached hydrogens (primary N) is 1. The van der Waals surface area contributed by atoms with Gasteiger partial charge in [-0.05, 0) is 48.6 Å². The number of fused-ring (bicyclic) bond motifs is 1. The average Bonchev–Trinajstić information content (AvgIpc) is 2.34. The molecule has 1 aliphatic rings. The molecule has 0 aromatic heterocycles. The topological polar surface area (TPSA) is 38.5 Å². The minimum Gasteiger partial charge on any atom is -0.496 e. The van der Waals surface area contributed by atoms with Gasteiger partial charge < -0.3 is 10.5 Å². The third-order valence-corrected chi connectivity index (χ3v) is 3.74. The fourth-order valence-corrected chi connectivity index (χ4v) is 2.72. The van der Waals surface area contributed by atoms with Crippen molar-refractivity contribution >= 4 is 0 Å². The molecule has 1 heterocycles. The van der Waals surface area contributed by atoms with E-state index in [0.717, 1.165) is 38.3 Å². The summed E-state index contributed by atoms with van der Waals surface area (Å²) >= 11 is 0. The van der Waals surface area contributed by atoms with Crippen LogP contribution in [-0.2, 0) is 13.0 Å². The summed E-state index contributed by atoms with van der Waals surface area (Å²) in [5.74, 6) is 1.02. The van der Waals surface area contributed by atoms with Crippen molar-refractivity contribution in [2.45, 2.75) is 26.8 Å². The Morgan fingerprint density at radius 3 is 2.76 bits per heavy atom. The van der Waals surface area contributed by atoms with Crippen molar-refractivity contribution in [2.24, 2.45) is 5.73 Å². The van der Waals surface area contributed by atoms with Crippen LogP contribution in [-0.4, -0.2) is 31.6 Å². The van der Waals surface area contributed by atoms with Crippen LogP contribution >= 0.6 is 0 Å². The predicted molar refractivity (Wildman–Crippen MR) is 70.5 cm³/mol. The maximum atomic E-state index is 5.63. The molecule has 0 spiro atoms. The van der Waals surface area contributed by atoms with Gasteiger partial charge in [0.25, 0.3) is 0 Å². The Morgan fingerprint density at radius 2 is 2.12 bits per heavy atom. The smallest absolute Gasteiger partial charge is 0.122 e. The van der Waals surface area contributed by atoms with Crippen LogP contribution in [0, 0.1) is 13.8 Å². The minimum absolute atomic E-state index is 0.740. The van der Waals surface area contributed by atoms with Gasteiger partial charge in [-0.15, -0.1) is 0 Å². The zero-order valence-electron chi connectivity index (χ0n) is 11.0. The van der Waals surface area contributed by atoms with Crippen molar-refractivity contribution in [1.82, 2.24) is 4.90 Å². The molecule has 0 saturated carbocycles. The van der Waals surface area contributed by atoms with Gasteiger partial charge in [-0.1, -0.05) is 0 Å². The number of nitrogens with zero attached hydrogens (tertiary/aromatic N) is 1. The molecule has 0 unspecified atom stereocenters. The van der Waals surface area contributed by atoms with Gasteiger partial charge in [-0.3, -0.25) is 4.90 Å². The molecule has 0 fully saturated rings. The Labute approximate surface area is 104 Å². The molecule has 3 nitrogen and oxygen atoms in total. The van der Waals surface area contributed by atoms with Gasteiger partial charge in [0.2, 0.25) is 0 Å². The number of methoxy groups -OCH3 is 1. The molecule has 94 valence electrons. The molecular formula is C14H22N2O. The second-order valence-corrected chi connectivity index (χ2v) is 4.79. The summed E-state index contributed by atoms with van der Waals surface area (Å²) in [5, 5.41) is 0. The fraction of sp³-hybridized carbons (Fsp3) is 0.571. The molecule has 3 heteroatoms. The van der Waals surface area contributed by atoms with E-state index in [4.69, 9.17) is 10.5 Å². The predicted octanol–water partition coefficient (Wildman–Crippen LogP) is 1.63. The second-order valence-electron chi connectivity index (χ2n) is 4.79. The lowest BCUT2D eigenvalue weighted by molar-refractivity contribution is 0.260. The Kier molecular flexibility index (Phi) is 3.69. The molecular weight excluding hydrogens is 212 g/mol. The summed E-state index contributed by atoms with van der Waals surface area (Å²) in [6.07, 6.45) is 1.11.